The summed E-state index contributed by atoms with van der Waals surface area (Å²) < 4.78 is 5.26. The molecule has 0 radical (unpaired) electrons. The molecule has 1 heterocycles. The molecule has 0 aliphatic carbocycles. The van der Waals surface area contributed by atoms with Crippen LogP contribution in [-0.4, -0.2) is 34.0 Å². The van der Waals surface area contributed by atoms with Gasteiger partial charge in [0.1, 0.15) is 0 Å². The molecule has 0 saturated carbocycles. The number of phenolic OH excluding ortho intramolecular Hbond substituents is 1. The predicted octanol–water partition coefficient (Wildman–Crippen LogP) is 1.59. The van der Waals surface area contributed by atoms with Crippen molar-refractivity contribution >= 4 is 12.1 Å². The van der Waals surface area contributed by atoms with Crippen molar-refractivity contribution in [3.05, 3.63) is 41.2 Å². The summed E-state index contributed by atoms with van der Waals surface area (Å²) in [6.07, 6.45) is 1.46. The van der Waals surface area contributed by atoms with Crippen LogP contribution in [0.15, 0.2) is 29.4 Å². The fraction of sp³-hybridized carbons (Fsp3) is 0.214. The molecule has 1 aromatic heterocycles. The van der Waals surface area contributed by atoms with E-state index in [2.05, 4.69) is 20.7 Å². The Morgan fingerprint density at radius 1 is 1.52 bits per heavy atom. The van der Waals surface area contributed by atoms with Crippen LogP contribution in [0, 0.1) is 6.92 Å². The van der Waals surface area contributed by atoms with Gasteiger partial charge in [0.15, 0.2) is 17.2 Å². The third kappa shape index (κ3) is 3.82. The van der Waals surface area contributed by atoms with E-state index in [0.29, 0.717) is 17.9 Å². The number of amides is 1. The number of H-pyrrole nitrogens is 1. The molecule has 110 valence electrons. The number of nitrogens with zero attached hydrogens (tertiary/aromatic N) is 2. The van der Waals surface area contributed by atoms with Crippen LogP contribution in [0.1, 0.15) is 28.7 Å². The van der Waals surface area contributed by atoms with E-state index in [1.54, 1.807) is 25.1 Å². The molecule has 0 atom stereocenters. The van der Waals surface area contributed by atoms with E-state index < -0.39 is 5.91 Å². The van der Waals surface area contributed by atoms with Gasteiger partial charge in [0.2, 0.25) is 0 Å². The molecule has 0 aliphatic heterocycles. The van der Waals surface area contributed by atoms with Crippen LogP contribution >= 0.6 is 0 Å². The number of aromatic nitrogens is 2. The maximum Gasteiger partial charge on any atom is 0.291 e. The Kier molecular flexibility index (Phi) is 4.55. The first-order valence-electron chi connectivity index (χ1n) is 6.41. The smallest absolute Gasteiger partial charge is 0.291 e. The third-order valence-corrected chi connectivity index (χ3v) is 2.60. The van der Waals surface area contributed by atoms with Crippen molar-refractivity contribution in [3.8, 4) is 11.5 Å². The fourth-order valence-electron chi connectivity index (χ4n) is 1.64. The van der Waals surface area contributed by atoms with Crippen molar-refractivity contribution < 1.29 is 14.6 Å². The van der Waals surface area contributed by atoms with Crippen LogP contribution < -0.4 is 10.2 Å². The topological polar surface area (TPSA) is 99.6 Å². The SMILES string of the molecule is CCOc1cc(/C=N\NC(=O)c2cc(C)[nH]n2)ccc1O. The zero-order valence-corrected chi connectivity index (χ0v) is 11.8. The normalized spacial score (nSPS) is 10.8. The average Bonchev–Trinajstić information content (AvgIpc) is 2.89. The Labute approximate surface area is 121 Å². The van der Waals surface area contributed by atoms with Crippen molar-refractivity contribution in [1.82, 2.24) is 15.6 Å². The van der Waals surface area contributed by atoms with Crippen molar-refractivity contribution in [1.29, 1.82) is 0 Å². The minimum absolute atomic E-state index is 0.0602. The Morgan fingerprint density at radius 2 is 2.33 bits per heavy atom. The summed E-state index contributed by atoms with van der Waals surface area (Å²) in [6, 6.07) is 6.42. The highest BCUT2D eigenvalue weighted by Gasteiger charge is 2.07. The molecule has 2 aromatic rings. The zero-order chi connectivity index (χ0) is 15.2. The molecule has 0 spiro atoms. The van der Waals surface area contributed by atoms with Gasteiger partial charge in [0, 0.05) is 5.69 Å². The van der Waals surface area contributed by atoms with Crippen LogP contribution in [0.5, 0.6) is 11.5 Å². The van der Waals surface area contributed by atoms with Gasteiger partial charge in [-0.3, -0.25) is 9.89 Å². The molecule has 3 N–H and O–H groups in total. The molecule has 7 heteroatoms. The lowest BCUT2D eigenvalue weighted by atomic mass is 10.2. The standard InChI is InChI=1S/C14H16N4O3/c1-3-21-13-7-10(4-5-12(13)19)8-15-18-14(20)11-6-9(2)16-17-11/h4-8,19H,3H2,1-2H3,(H,16,17)(H,18,20)/b15-8-. The van der Waals surface area contributed by atoms with Gasteiger partial charge in [0.05, 0.1) is 12.8 Å². The summed E-state index contributed by atoms with van der Waals surface area (Å²) in [5.41, 5.74) is 4.13. The third-order valence-electron chi connectivity index (χ3n) is 2.60. The molecule has 0 unspecified atom stereocenters. The summed E-state index contributed by atoms with van der Waals surface area (Å²) in [6.45, 7) is 4.08. The number of hydrazone groups is 1. The van der Waals surface area contributed by atoms with Gasteiger partial charge < -0.3 is 9.84 Å². The highest BCUT2D eigenvalue weighted by Crippen LogP contribution is 2.26. The molecule has 1 amide bonds. The average molecular weight is 288 g/mol. The summed E-state index contributed by atoms with van der Waals surface area (Å²) >= 11 is 0. The van der Waals surface area contributed by atoms with E-state index in [-0.39, 0.29) is 11.4 Å². The Hall–Kier alpha value is -2.83. The fourth-order valence-corrected chi connectivity index (χ4v) is 1.64. The van der Waals surface area contributed by atoms with Crippen molar-refractivity contribution in [2.75, 3.05) is 6.61 Å². The summed E-state index contributed by atoms with van der Waals surface area (Å²) in [5, 5.41) is 19.9. The van der Waals surface area contributed by atoms with Crippen molar-refractivity contribution in [2.45, 2.75) is 13.8 Å². The van der Waals surface area contributed by atoms with Gasteiger partial charge in [-0.2, -0.15) is 10.2 Å². The van der Waals surface area contributed by atoms with Gasteiger partial charge in [-0.15, -0.1) is 0 Å². The van der Waals surface area contributed by atoms with E-state index in [0.717, 1.165) is 5.69 Å². The van der Waals surface area contributed by atoms with Crippen molar-refractivity contribution in [3.63, 3.8) is 0 Å². The molecule has 0 aliphatic rings. The van der Waals surface area contributed by atoms with E-state index in [4.69, 9.17) is 4.74 Å². The van der Waals surface area contributed by atoms with Crippen LogP contribution in [0.4, 0.5) is 0 Å². The quantitative estimate of drug-likeness (QED) is 0.574. The number of hydrogen-bond donors (Lipinski definition) is 3. The molecule has 0 fully saturated rings. The molecular weight excluding hydrogens is 272 g/mol. The molecule has 2 rings (SSSR count). The summed E-state index contributed by atoms with van der Waals surface area (Å²) in [4.78, 5) is 11.7. The first-order valence-corrected chi connectivity index (χ1v) is 6.41. The number of aryl methyl sites for hydroxylation is 1. The second kappa shape index (κ2) is 6.56. The van der Waals surface area contributed by atoms with Gasteiger partial charge in [-0.05, 0) is 43.7 Å². The number of rotatable bonds is 5. The van der Waals surface area contributed by atoms with E-state index in [1.807, 2.05) is 6.92 Å². The number of aromatic amines is 1. The number of phenols is 1. The number of carbonyl (C=O) groups is 1. The summed E-state index contributed by atoms with van der Waals surface area (Å²) in [7, 11) is 0. The van der Waals surface area contributed by atoms with Crippen LogP contribution in [-0.2, 0) is 0 Å². The molecule has 1 aromatic carbocycles. The van der Waals surface area contributed by atoms with Crippen LogP contribution in [0.3, 0.4) is 0 Å². The highest BCUT2D eigenvalue weighted by atomic mass is 16.5. The monoisotopic (exact) mass is 288 g/mol. The van der Waals surface area contributed by atoms with E-state index in [9.17, 15) is 9.90 Å². The molecule has 7 nitrogen and oxygen atoms in total. The van der Waals surface area contributed by atoms with Crippen LogP contribution in [0.25, 0.3) is 0 Å². The summed E-state index contributed by atoms with van der Waals surface area (Å²) in [5.74, 6) is 0.0279. The lowest BCUT2D eigenvalue weighted by Gasteiger charge is -2.05. The number of carbonyl (C=O) groups excluding carboxylic acids is 1. The lowest BCUT2D eigenvalue weighted by molar-refractivity contribution is 0.0950. The highest BCUT2D eigenvalue weighted by molar-refractivity contribution is 5.93. The molecule has 0 bridgehead atoms. The van der Waals surface area contributed by atoms with Gasteiger partial charge >= 0.3 is 0 Å². The van der Waals surface area contributed by atoms with Crippen LogP contribution in [0.2, 0.25) is 0 Å². The minimum atomic E-state index is -0.403. The lowest BCUT2D eigenvalue weighted by Crippen LogP contribution is -2.18. The predicted molar refractivity (Wildman–Crippen MR) is 77.7 cm³/mol. The maximum atomic E-state index is 11.7. The second-order valence-electron chi connectivity index (χ2n) is 4.30. The van der Waals surface area contributed by atoms with E-state index >= 15 is 0 Å². The minimum Gasteiger partial charge on any atom is -0.504 e. The second-order valence-corrected chi connectivity index (χ2v) is 4.30. The first kappa shape index (κ1) is 14.6. The molecule has 0 saturated heterocycles. The van der Waals surface area contributed by atoms with Gasteiger partial charge in [-0.25, -0.2) is 5.43 Å². The number of hydrogen-bond acceptors (Lipinski definition) is 5. The first-order chi connectivity index (χ1) is 10.1. The number of aromatic hydroxyl groups is 1. The number of nitrogens with one attached hydrogen (secondary N) is 2. The maximum absolute atomic E-state index is 11.7. The van der Waals surface area contributed by atoms with Gasteiger partial charge in [0.25, 0.3) is 5.91 Å². The van der Waals surface area contributed by atoms with Gasteiger partial charge in [-0.1, -0.05) is 0 Å². The zero-order valence-electron chi connectivity index (χ0n) is 11.8. The Bertz CT molecular complexity index is 664. The Morgan fingerprint density at radius 3 is 3.00 bits per heavy atom. The Balaban J connectivity index is 2.01. The molecule has 21 heavy (non-hydrogen) atoms. The number of benzene rings is 1. The molecular formula is C14H16N4O3. The number of ether oxygens (including phenoxy) is 1. The largest absolute Gasteiger partial charge is 0.504 e. The van der Waals surface area contributed by atoms with E-state index in [1.165, 1.54) is 12.3 Å². The van der Waals surface area contributed by atoms with Crippen molar-refractivity contribution in [2.24, 2.45) is 5.10 Å².